The fourth-order valence-corrected chi connectivity index (χ4v) is 2.04. The first kappa shape index (κ1) is 12.8. The molecule has 5 nitrogen and oxygen atoms in total. The van der Waals surface area contributed by atoms with Crippen molar-refractivity contribution in [1.82, 2.24) is 24.4 Å². The topological polar surface area (TPSA) is 49.7 Å². The number of rotatable bonds is 5. The van der Waals surface area contributed by atoms with Gasteiger partial charge in [-0.15, -0.1) is 0 Å². The second kappa shape index (κ2) is 5.35. The summed E-state index contributed by atoms with van der Waals surface area (Å²) in [6, 6.07) is 0.446. The first-order chi connectivity index (χ1) is 8.56. The number of nitrogens with one attached hydrogen (secondary N) is 1. The molecule has 98 valence electrons. The normalized spacial score (nSPS) is 11.7. The Balaban J connectivity index is 1.98. The molecule has 0 aliphatic carbocycles. The van der Waals surface area contributed by atoms with Crippen molar-refractivity contribution in [3.8, 4) is 0 Å². The molecule has 0 amide bonds. The maximum absolute atomic E-state index is 4.41. The SMILES string of the molecule is Cc1cnc(CN(C)Cc2nccn2C(C)C)[nH]1. The zero-order valence-corrected chi connectivity index (χ0v) is 11.5. The minimum Gasteiger partial charge on any atom is -0.345 e. The van der Waals surface area contributed by atoms with E-state index in [0.717, 1.165) is 30.4 Å². The Bertz CT molecular complexity index is 497. The summed E-state index contributed by atoms with van der Waals surface area (Å²) < 4.78 is 2.20. The van der Waals surface area contributed by atoms with Crippen LogP contribution in [0.15, 0.2) is 18.6 Å². The van der Waals surface area contributed by atoms with Crippen LogP contribution in [0.25, 0.3) is 0 Å². The Labute approximate surface area is 108 Å². The van der Waals surface area contributed by atoms with Gasteiger partial charge < -0.3 is 9.55 Å². The average Bonchev–Trinajstić information content (AvgIpc) is 2.87. The molecule has 0 radical (unpaired) electrons. The van der Waals surface area contributed by atoms with E-state index in [4.69, 9.17) is 0 Å². The molecule has 0 aliphatic heterocycles. The Morgan fingerprint density at radius 1 is 1.33 bits per heavy atom. The zero-order chi connectivity index (χ0) is 13.1. The molecule has 0 aromatic carbocycles. The molecule has 2 rings (SSSR count). The van der Waals surface area contributed by atoms with E-state index in [1.165, 1.54) is 0 Å². The van der Waals surface area contributed by atoms with Crippen molar-refractivity contribution in [2.45, 2.75) is 39.9 Å². The van der Waals surface area contributed by atoms with E-state index in [9.17, 15) is 0 Å². The lowest BCUT2D eigenvalue weighted by atomic mass is 10.3. The summed E-state index contributed by atoms with van der Waals surface area (Å²) in [6.07, 6.45) is 5.75. The minimum atomic E-state index is 0.446. The van der Waals surface area contributed by atoms with Crippen molar-refractivity contribution in [3.63, 3.8) is 0 Å². The lowest BCUT2D eigenvalue weighted by molar-refractivity contribution is 0.295. The summed E-state index contributed by atoms with van der Waals surface area (Å²) in [5.74, 6) is 2.09. The number of aryl methyl sites for hydroxylation is 1. The van der Waals surface area contributed by atoms with Gasteiger partial charge >= 0.3 is 0 Å². The van der Waals surface area contributed by atoms with Crippen LogP contribution in [0.4, 0.5) is 0 Å². The molecule has 2 aromatic heterocycles. The molecular formula is C13H21N5. The van der Waals surface area contributed by atoms with E-state index in [1.54, 1.807) is 0 Å². The van der Waals surface area contributed by atoms with E-state index in [0.29, 0.717) is 6.04 Å². The van der Waals surface area contributed by atoms with Gasteiger partial charge in [-0.1, -0.05) is 0 Å². The Morgan fingerprint density at radius 2 is 2.11 bits per heavy atom. The molecular weight excluding hydrogens is 226 g/mol. The predicted molar refractivity (Wildman–Crippen MR) is 71.1 cm³/mol. The monoisotopic (exact) mass is 247 g/mol. The van der Waals surface area contributed by atoms with Crippen LogP contribution in [0.1, 0.15) is 37.2 Å². The molecule has 5 heteroatoms. The summed E-state index contributed by atoms with van der Waals surface area (Å²) >= 11 is 0. The van der Waals surface area contributed by atoms with Crippen molar-refractivity contribution in [2.75, 3.05) is 7.05 Å². The summed E-state index contributed by atoms with van der Waals surface area (Å²) in [5.41, 5.74) is 1.10. The lowest BCUT2D eigenvalue weighted by Crippen LogP contribution is -2.21. The number of hydrogen-bond acceptors (Lipinski definition) is 3. The van der Waals surface area contributed by atoms with Crippen LogP contribution in [-0.4, -0.2) is 31.5 Å². The van der Waals surface area contributed by atoms with Crippen LogP contribution in [0, 0.1) is 6.92 Å². The van der Waals surface area contributed by atoms with Crippen LogP contribution < -0.4 is 0 Å². The number of aromatic amines is 1. The highest BCUT2D eigenvalue weighted by Gasteiger charge is 2.10. The van der Waals surface area contributed by atoms with Gasteiger partial charge in [0.25, 0.3) is 0 Å². The molecule has 0 saturated heterocycles. The van der Waals surface area contributed by atoms with Gasteiger partial charge in [0, 0.05) is 30.3 Å². The van der Waals surface area contributed by atoms with Crippen molar-refractivity contribution in [2.24, 2.45) is 0 Å². The van der Waals surface area contributed by atoms with E-state index in [-0.39, 0.29) is 0 Å². The highest BCUT2D eigenvalue weighted by Crippen LogP contribution is 2.10. The Hall–Kier alpha value is -1.62. The number of imidazole rings is 2. The van der Waals surface area contributed by atoms with E-state index in [2.05, 4.69) is 45.3 Å². The first-order valence-corrected chi connectivity index (χ1v) is 6.27. The highest BCUT2D eigenvalue weighted by atomic mass is 15.2. The Morgan fingerprint density at radius 3 is 2.72 bits per heavy atom. The molecule has 0 saturated carbocycles. The third-order valence-corrected chi connectivity index (χ3v) is 2.89. The molecule has 2 heterocycles. The largest absolute Gasteiger partial charge is 0.345 e. The summed E-state index contributed by atoms with van der Waals surface area (Å²) in [4.78, 5) is 14.2. The van der Waals surface area contributed by atoms with Crippen LogP contribution in [0.5, 0.6) is 0 Å². The maximum atomic E-state index is 4.41. The van der Waals surface area contributed by atoms with Crippen molar-refractivity contribution < 1.29 is 0 Å². The van der Waals surface area contributed by atoms with Crippen LogP contribution in [0.2, 0.25) is 0 Å². The van der Waals surface area contributed by atoms with Gasteiger partial charge in [0.1, 0.15) is 11.6 Å². The van der Waals surface area contributed by atoms with Gasteiger partial charge in [0.15, 0.2) is 0 Å². The van der Waals surface area contributed by atoms with Crippen LogP contribution in [0.3, 0.4) is 0 Å². The van der Waals surface area contributed by atoms with Gasteiger partial charge in [-0.2, -0.15) is 0 Å². The third-order valence-electron chi connectivity index (χ3n) is 2.89. The third kappa shape index (κ3) is 2.98. The molecule has 0 aliphatic rings. The summed E-state index contributed by atoms with van der Waals surface area (Å²) in [7, 11) is 2.08. The molecule has 2 aromatic rings. The van der Waals surface area contributed by atoms with E-state index < -0.39 is 0 Å². The minimum absolute atomic E-state index is 0.446. The standard InChI is InChI=1S/C13H21N5/c1-10(2)18-6-5-14-13(18)9-17(4)8-12-15-7-11(3)16-12/h5-7,10H,8-9H2,1-4H3,(H,15,16). The van der Waals surface area contributed by atoms with Gasteiger partial charge in [0.2, 0.25) is 0 Å². The summed E-state index contributed by atoms with van der Waals surface area (Å²) in [5, 5.41) is 0. The molecule has 1 N–H and O–H groups in total. The zero-order valence-electron chi connectivity index (χ0n) is 11.5. The highest BCUT2D eigenvalue weighted by molar-refractivity contribution is 4.99. The lowest BCUT2D eigenvalue weighted by Gasteiger charge is -2.17. The molecule has 0 atom stereocenters. The number of hydrogen-bond donors (Lipinski definition) is 1. The average molecular weight is 247 g/mol. The predicted octanol–water partition coefficient (Wildman–Crippen LogP) is 2.13. The number of aromatic nitrogens is 4. The maximum Gasteiger partial charge on any atom is 0.123 e. The fourth-order valence-electron chi connectivity index (χ4n) is 2.04. The smallest absolute Gasteiger partial charge is 0.123 e. The second-order valence-corrected chi connectivity index (χ2v) is 5.03. The van der Waals surface area contributed by atoms with E-state index in [1.807, 2.05) is 25.5 Å². The molecule has 18 heavy (non-hydrogen) atoms. The first-order valence-electron chi connectivity index (χ1n) is 6.27. The van der Waals surface area contributed by atoms with E-state index >= 15 is 0 Å². The van der Waals surface area contributed by atoms with Gasteiger partial charge in [0.05, 0.1) is 13.1 Å². The van der Waals surface area contributed by atoms with Crippen molar-refractivity contribution >= 4 is 0 Å². The van der Waals surface area contributed by atoms with Gasteiger partial charge in [-0.05, 0) is 27.8 Å². The van der Waals surface area contributed by atoms with Crippen molar-refractivity contribution in [1.29, 1.82) is 0 Å². The Kier molecular flexibility index (Phi) is 3.81. The molecule has 0 unspecified atom stereocenters. The van der Waals surface area contributed by atoms with Crippen LogP contribution in [-0.2, 0) is 13.1 Å². The second-order valence-electron chi connectivity index (χ2n) is 5.03. The number of nitrogens with zero attached hydrogens (tertiary/aromatic N) is 4. The number of H-pyrrole nitrogens is 1. The van der Waals surface area contributed by atoms with Gasteiger partial charge in [-0.25, -0.2) is 9.97 Å². The molecule has 0 spiro atoms. The molecule has 0 bridgehead atoms. The fraction of sp³-hybridized carbons (Fsp3) is 0.538. The summed E-state index contributed by atoms with van der Waals surface area (Å²) in [6.45, 7) is 7.98. The van der Waals surface area contributed by atoms with Gasteiger partial charge in [-0.3, -0.25) is 4.90 Å². The van der Waals surface area contributed by atoms with Crippen LogP contribution >= 0.6 is 0 Å². The van der Waals surface area contributed by atoms with Crippen molar-refractivity contribution in [3.05, 3.63) is 35.9 Å². The molecule has 0 fully saturated rings. The quantitative estimate of drug-likeness (QED) is 0.880.